The minimum atomic E-state index is -3.66. The fraction of sp³-hybridized carbons (Fsp3) is 0.538. The number of aromatic nitrogens is 2. The number of nitrogens with one attached hydrogen (secondary N) is 2. The van der Waals surface area contributed by atoms with Crippen LogP contribution in [0.2, 0.25) is 0 Å². The maximum absolute atomic E-state index is 13.0. The quantitative estimate of drug-likeness (QED) is 0.541. The number of aryl methyl sites for hydroxylation is 1. The van der Waals surface area contributed by atoms with Gasteiger partial charge in [0.25, 0.3) is 0 Å². The highest BCUT2D eigenvalue weighted by Crippen LogP contribution is 2.43. The van der Waals surface area contributed by atoms with Gasteiger partial charge in [0.05, 0.1) is 16.5 Å². The summed E-state index contributed by atoms with van der Waals surface area (Å²) in [6.45, 7) is 7.55. The van der Waals surface area contributed by atoms with Gasteiger partial charge in [-0.1, -0.05) is 6.07 Å². The van der Waals surface area contributed by atoms with Crippen LogP contribution in [0, 0.1) is 0 Å². The van der Waals surface area contributed by atoms with E-state index in [2.05, 4.69) is 40.7 Å². The Balaban J connectivity index is 1.47. The molecule has 0 saturated carbocycles. The maximum Gasteiger partial charge on any atom is 0.202 e. The molecule has 0 bridgehead atoms. The van der Waals surface area contributed by atoms with Crippen LogP contribution in [-0.4, -0.2) is 60.5 Å². The van der Waals surface area contributed by atoms with E-state index in [1.54, 1.807) is 39.4 Å². The monoisotopic (exact) mass is 527 g/mol. The molecule has 5 rings (SSSR count). The molecule has 37 heavy (non-hydrogen) atoms. The summed E-state index contributed by atoms with van der Waals surface area (Å²) in [5.41, 5.74) is 9.06. The highest BCUT2D eigenvalue weighted by Gasteiger charge is 2.38. The molecule has 3 aliphatic heterocycles. The predicted molar refractivity (Wildman–Crippen MR) is 144 cm³/mol. The number of nitrogens with two attached hydrogens (primary N) is 1. The zero-order valence-corrected chi connectivity index (χ0v) is 23.0. The van der Waals surface area contributed by atoms with Crippen molar-refractivity contribution < 1.29 is 13.2 Å². The number of aliphatic imine (C=N–C) groups is 1. The lowest BCUT2D eigenvalue weighted by Gasteiger charge is -2.30. The van der Waals surface area contributed by atoms with Gasteiger partial charge in [-0.25, -0.2) is 13.4 Å². The molecule has 0 spiro atoms. The minimum absolute atomic E-state index is 0.0531. The van der Waals surface area contributed by atoms with E-state index in [-0.39, 0.29) is 11.1 Å². The van der Waals surface area contributed by atoms with Crippen LogP contribution < -0.4 is 21.1 Å². The van der Waals surface area contributed by atoms with Gasteiger partial charge >= 0.3 is 0 Å². The maximum atomic E-state index is 13.0. The van der Waals surface area contributed by atoms with E-state index in [0.717, 1.165) is 43.8 Å². The molecule has 200 valence electrons. The number of nitrogens with zero attached hydrogens (tertiary/aromatic N) is 4. The van der Waals surface area contributed by atoms with Gasteiger partial charge in [0, 0.05) is 31.4 Å². The Morgan fingerprint density at radius 1 is 1.24 bits per heavy atom. The average Bonchev–Trinajstić information content (AvgIpc) is 3.44. The number of hydrogen-bond acceptors (Lipinski definition) is 9. The Kier molecular flexibility index (Phi) is 6.57. The van der Waals surface area contributed by atoms with Crippen molar-refractivity contribution in [3.8, 4) is 5.75 Å². The molecule has 0 amide bonds. The molecule has 11 heteroatoms. The van der Waals surface area contributed by atoms with Gasteiger partial charge < -0.3 is 20.3 Å². The van der Waals surface area contributed by atoms with Crippen LogP contribution in [0.1, 0.15) is 56.2 Å². The SMILES string of the molecule is CC1Cc2c(C3CCN(C)CC3)ccc(NC3=NC(N)(c4cn(C)nc4S(=O)(=O)C(C)C)C=CN3)c2O1. The Bertz CT molecular complexity index is 1360. The number of hydrogen-bond donors (Lipinski definition) is 3. The second kappa shape index (κ2) is 9.45. The number of rotatable bonds is 5. The van der Waals surface area contributed by atoms with Gasteiger partial charge in [0.2, 0.25) is 5.96 Å². The number of ether oxygens (including phenoxy) is 1. The number of sulfone groups is 1. The molecule has 1 fully saturated rings. The van der Waals surface area contributed by atoms with E-state index in [4.69, 9.17) is 15.5 Å². The highest BCUT2D eigenvalue weighted by molar-refractivity contribution is 7.92. The fourth-order valence-electron chi connectivity index (χ4n) is 5.34. The molecular formula is C26H37N7O3S. The average molecular weight is 528 g/mol. The lowest BCUT2D eigenvalue weighted by molar-refractivity contribution is 0.254. The van der Waals surface area contributed by atoms with Crippen molar-refractivity contribution in [2.45, 2.75) is 68.0 Å². The number of guanidine groups is 1. The first-order chi connectivity index (χ1) is 17.5. The van der Waals surface area contributed by atoms with E-state index >= 15 is 0 Å². The summed E-state index contributed by atoms with van der Waals surface area (Å²) in [5, 5.41) is 9.99. The first-order valence-electron chi connectivity index (χ1n) is 12.9. The Morgan fingerprint density at radius 3 is 2.68 bits per heavy atom. The summed E-state index contributed by atoms with van der Waals surface area (Å²) in [6.07, 6.45) is 8.18. The van der Waals surface area contributed by atoms with Crippen molar-refractivity contribution in [3.63, 3.8) is 0 Å². The van der Waals surface area contributed by atoms with E-state index in [0.29, 0.717) is 17.4 Å². The topological polar surface area (TPSA) is 127 Å². The molecule has 1 aromatic carbocycles. The largest absolute Gasteiger partial charge is 0.488 e. The molecular weight excluding hydrogens is 490 g/mol. The zero-order valence-electron chi connectivity index (χ0n) is 22.2. The number of likely N-dealkylation sites (tertiary alicyclic amines) is 1. The first-order valence-corrected chi connectivity index (χ1v) is 14.4. The van der Waals surface area contributed by atoms with Crippen LogP contribution in [0.15, 0.2) is 40.6 Å². The summed E-state index contributed by atoms with van der Waals surface area (Å²) >= 11 is 0. The molecule has 2 aromatic rings. The number of piperidine rings is 1. The molecule has 3 aliphatic rings. The van der Waals surface area contributed by atoms with E-state index < -0.39 is 20.8 Å². The molecule has 10 nitrogen and oxygen atoms in total. The van der Waals surface area contributed by atoms with Crippen molar-refractivity contribution in [1.82, 2.24) is 20.0 Å². The Labute approximate surface area is 218 Å². The molecule has 2 atom stereocenters. The van der Waals surface area contributed by atoms with Crippen LogP contribution in [0.3, 0.4) is 0 Å². The lowest BCUT2D eigenvalue weighted by Crippen LogP contribution is -2.42. The lowest BCUT2D eigenvalue weighted by atomic mass is 9.85. The van der Waals surface area contributed by atoms with Crippen LogP contribution in [0.4, 0.5) is 5.69 Å². The summed E-state index contributed by atoms with van der Waals surface area (Å²) in [7, 11) is 0.188. The van der Waals surface area contributed by atoms with E-state index in [1.807, 2.05) is 6.07 Å². The van der Waals surface area contributed by atoms with Gasteiger partial charge in [-0.3, -0.25) is 10.4 Å². The third-order valence-corrected chi connectivity index (χ3v) is 9.57. The standard InChI is InChI=1S/C26H37N7O3S/c1-16(2)37(34,35)24-21(15-33(5)31-24)26(27)10-11-28-25(30-26)29-22-7-6-19(18-8-12-32(4)13-9-18)20-14-17(3)36-23(20)22/h6-7,10-11,15-18H,8-9,12-14,27H2,1-5H3,(H2,28,29,30). The van der Waals surface area contributed by atoms with Crippen LogP contribution in [0.25, 0.3) is 0 Å². The Morgan fingerprint density at radius 2 is 1.97 bits per heavy atom. The van der Waals surface area contributed by atoms with E-state index in [9.17, 15) is 8.42 Å². The second-order valence-corrected chi connectivity index (χ2v) is 13.1. The fourth-order valence-corrected chi connectivity index (χ4v) is 6.55. The van der Waals surface area contributed by atoms with Gasteiger partial charge in [0.1, 0.15) is 11.9 Å². The summed E-state index contributed by atoms with van der Waals surface area (Å²) in [6, 6.07) is 4.26. The molecule has 0 aliphatic carbocycles. The minimum Gasteiger partial charge on any atom is -0.488 e. The normalized spacial score (nSPS) is 24.5. The molecule has 1 aromatic heterocycles. The summed E-state index contributed by atoms with van der Waals surface area (Å²) < 4.78 is 33.7. The number of benzene rings is 1. The summed E-state index contributed by atoms with van der Waals surface area (Å²) in [5.74, 6) is 1.79. The molecule has 2 unspecified atom stereocenters. The Hall–Kier alpha value is -2.89. The van der Waals surface area contributed by atoms with Gasteiger partial charge in [-0.2, -0.15) is 5.10 Å². The third-order valence-electron chi connectivity index (χ3n) is 7.49. The van der Waals surface area contributed by atoms with Crippen molar-refractivity contribution in [2.75, 3.05) is 25.5 Å². The van der Waals surface area contributed by atoms with Gasteiger partial charge in [0.15, 0.2) is 20.5 Å². The molecule has 0 radical (unpaired) electrons. The highest BCUT2D eigenvalue weighted by atomic mass is 32.2. The first kappa shape index (κ1) is 25.7. The van der Waals surface area contributed by atoms with Crippen molar-refractivity contribution >= 4 is 21.5 Å². The predicted octanol–water partition coefficient (Wildman–Crippen LogP) is 2.43. The van der Waals surface area contributed by atoms with Crippen LogP contribution in [-0.2, 0) is 29.0 Å². The molecule has 1 saturated heterocycles. The van der Waals surface area contributed by atoms with Gasteiger partial charge in [-0.05, 0) is 77.4 Å². The molecule has 4 heterocycles. The number of fused-ring (bicyclic) bond motifs is 1. The van der Waals surface area contributed by atoms with Crippen LogP contribution in [0.5, 0.6) is 5.75 Å². The van der Waals surface area contributed by atoms with Gasteiger partial charge in [-0.15, -0.1) is 0 Å². The van der Waals surface area contributed by atoms with Crippen molar-refractivity contribution in [1.29, 1.82) is 0 Å². The number of anilines is 1. The van der Waals surface area contributed by atoms with Crippen molar-refractivity contribution in [3.05, 3.63) is 47.3 Å². The smallest absolute Gasteiger partial charge is 0.202 e. The van der Waals surface area contributed by atoms with Crippen molar-refractivity contribution in [2.24, 2.45) is 17.8 Å². The van der Waals surface area contributed by atoms with Crippen LogP contribution >= 0.6 is 0 Å². The third kappa shape index (κ3) is 4.75. The zero-order chi connectivity index (χ0) is 26.5. The molecule has 4 N–H and O–H groups in total. The second-order valence-electron chi connectivity index (χ2n) is 10.7. The summed E-state index contributed by atoms with van der Waals surface area (Å²) in [4.78, 5) is 7.08. The van der Waals surface area contributed by atoms with E-state index in [1.165, 1.54) is 15.8 Å².